The molecule has 1 aromatic heterocycles. The zero-order chi connectivity index (χ0) is 9.10. The number of rotatable bonds is 2. The number of furan rings is 1. The molecular formula is C11H11NO. The summed E-state index contributed by atoms with van der Waals surface area (Å²) in [4.78, 5) is 0. The van der Waals surface area contributed by atoms with Crippen molar-refractivity contribution in [1.29, 1.82) is 0 Å². The van der Waals surface area contributed by atoms with Crippen LogP contribution < -0.4 is 5.73 Å². The molecule has 0 bridgehead atoms. The third kappa shape index (κ3) is 1.63. The van der Waals surface area contributed by atoms with Crippen LogP contribution in [-0.4, -0.2) is 0 Å². The van der Waals surface area contributed by atoms with Gasteiger partial charge in [0.05, 0.1) is 18.6 Å². The lowest BCUT2D eigenvalue weighted by Gasteiger charge is -2.08. The highest BCUT2D eigenvalue weighted by molar-refractivity contribution is 5.28. The Morgan fingerprint density at radius 1 is 1.00 bits per heavy atom. The fraction of sp³-hybridized carbons (Fsp3) is 0.0909. The smallest absolute Gasteiger partial charge is 0.0953 e. The summed E-state index contributed by atoms with van der Waals surface area (Å²) in [7, 11) is 0. The molecule has 0 radical (unpaired) electrons. The molecule has 0 saturated heterocycles. The average molecular weight is 173 g/mol. The first-order chi connectivity index (χ1) is 6.38. The lowest BCUT2D eigenvalue weighted by atomic mass is 10.0. The minimum Gasteiger partial charge on any atom is -0.472 e. The molecule has 1 heterocycles. The highest BCUT2D eigenvalue weighted by Crippen LogP contribution is 2.18. The molecule has 1 atom stereocenters. The summed E-state index contributed by atoms with van der Waals surface area (Å²) in [6.45, 7) is 0. The van der Waals surface area contributed by atoms with Gasteiger partial charge in [0.1, 0.15) is 0 Å². The number of hydrogen-bond acceptors (Lipinski definition) is 2. The minimum atomic E-state index is -0.0834. The van der Waals surface area contributed by atoms with Gasteiger partial charge in [0, 0.05) is 5.56 Å². The molecule has 0 aliphatic rings. The standard InChI is InChI=1S/C11H11NO/c12-11(10-6-7-13-8-10)9-4-2-1-3-5-9/h1-8,11H,12H2. The van der Waals surface area contributed by atoms with E-state index in [0.717, 1.165) is 11.1 Å². The van der Waals surface area contributed by atoms with E-state index in [4.69, 9.17) is 10.2 Å². The molecule has 2 N–H and O–H groups in total. The van der Waals surface area contributed by atoms with Crippen molar-refractivity contribution in [2.75, 3.05) is 0 Å². The Hall–Kier alpha value is -1.54. The normalized spacial score (nSPS) is 12.7. The summed E-state index contributed by atoms with van der Waals surface area (Å²) in [5, 5.41) is 0. The van der Waals surface area contributed by atoms with Gasteiger partial charge in [-0.2, -0.15) is 0 Å². The van der Waals surface area contributed by atoms with Gasteiger partial charge >= 0.3 is 0 Å². The van der Waals surface area contributed by atoms with E-state index < -0.39 is 0 Å². The SMILES string of the molecule is NC(c1ccccc1)c1ccoc1. The van der Waals surface area contributed by atoms with Crippen LogP contribution in [0.4, 0.5) is 0 Å². The quantitative estimate of drug-likeness (QED) is 0.757. The molecule has 1 unspecified atom stereocenters. The third-order valence-corrected chi connectivity index (χ3v) is 2.06. The van der Waals surface area contributed by atoms with Gasteiger partial charge in [-0.25, -0.2) is 0 Å². The fourth-order valence-corrected chi connectivity index (χ4v) is 1.30. The van der Waals surface area contributed by atoms with E-state index >= 15 is 0 Å². The molecule has 2 aromatic rings. The highest BCUT2D eigenvalue weighted by atomic mass is 16.3. The Labute approximate surface area is 77.0 Å². The Kier molecular flexibility index (Phi) is 2.15. The first-order valence-electron chi connectivity index (χ1n) is 4.20. The first kappa shape index (κ1) is 8.08. The Bertz CT molecular complexity index is 353. The number of hydrogen-bond donors (Lipinski definition) is 1. The fourth-order valence-electron chi connectivity index (χ4n) is 1.30. The lowest BCUT2D eigenvalue weighted by molar-refractivity contribution is 0.562. The van der Waals surface area contributed by atoms with Crippen molar-refractivity contribution in [1.82, 2.24) is 0 Å². The highest BCUT2D eigenvalue weighted by Gasteiger charge is 2.08. The van der Waals surface area contributed by atoms with Crippen LogP contribution in [0.15, 0.2) is 53.3 Å². The molecular weight excluding hydrogens is 162 g/mol. The van der Waals surface area contributed by atoms with Crippen molar-refractivity contribution in [2.24, 2.45) is 5.73 Å². The lowest BCUT2D eigenvalue weighted by Crippen LogP contribution is -2.10. The first-order valence-corrected chi connectivity index (χ1v) is 4.20. The van der Waals surface area contributed by atoms with Gasteiger partial charge in [-0.05, 0) is 11.6 Å². The van der Waals surface area contributed by atoms with E-state index in [1.807, 2.05) is 36.4 Å². The monoisotopic (exact) mass is 173 g/mol. The van der Waals surface area contributed by atoms with Crippen molar-refractivity contribution >= 4 is 0 Å². The Morgan fingerprint density at radius 3 is 2.38 bits per heavy atom. The molecule has 0 spiro atoms. The summed E-state index contributed by atoms with van der Waals surface area (Å²) >= 11 is 0. The van der Waals surface area contributed by atoms with Crippen LogP contribution in [-0.2, 0) is 0 Å². The van der Waals surface area contributed by atoms with Crippen LogP contribution in [0.2, 0.25) is 0 Å². The topological polar surface area (TPSA) is 39.2 Å². The summed E-state index contributed by atoms with van der Waals surface area (Å²) in [6.07, 6.45) is 3.32. The molecule has 1 aromatic carbocycles. The van der Waals surface area contributed by atoms with Gasteiger partial charge in [-0.3, -0.25) is 0 Å². The van der Waals surface area contributed by atoms with Crippen molar-refractivity contribution in [2.45, 2.75) is 6.04 Å². The van der Waals surface area contributed by atoms with Gasteiger partial charge in [0.2, 0.25) is 0 Å². The summed E-state index contributed by atoms with van der Waals surface area (Å²) in [5.74, 6) is 0. The maximum absolute atomic E-state index is 6.00. The van der Waals surface area contributed by atoms with Gasteiger partial charge in [-0.1, -0.05) is 30.3 Å². The molecule has 0 amide bonds. The number of benzene rings is 1. The summed E-state index contributed by atoms with van der Waals surface area (Å²) in [6, 6.07) is 11.8. The molecule has 0 saturated carbocycles. The summed E-state index contributed by atoms with van der Waals surface area (Å²) < 4.78 is 4.98. The van der Waals surface area contributed by atoms with E-state index in [-0.39, 0.29) is 6.04 Å². The van der Waals surface area contributed by atoms with Crippen molar-refractivity contribution in [3.8, 4) is 0 Å². The predicted octanol–water partition coefficient (Wildman–Crippen LogP) is 2.33. The molecule has 13 heavy (non-hydrogen) atoms. The van der Waals surface area contributed by atoms with Gasteiger partial charge < -0.3 is 10.2 Å². The third-order valence-electron chi connectivity index (χ3n) is 2.06. The van der Waals surface area contributed by atoms with Crippen LogP contribution in [0.1, 0.15) is 17.2 Å². The van der Waals surface area contributed by atoms with E-state index in [1.54, 1.807) is 12.5 Å². The van der Waals surface area contributed by atoms with Crippen LogP contribution >= 0.6 is 0 Å². The zero-order valence-electron chi connectivity index (χ0n) is 7.18. The van der Waals surface area contributed by atoms with E-state index in [9.17, 15) is 0 Å². The largest absolute Gasteiger partial charge is 0.472 e. The second-order valence-corrected chi connectivity index (χ2v) is 2.95. The van der Waals surface area contributed by atoms with E-state index in [2.05, 4.69) is 0 Å². The van der Waals surface area contributed by atoms with Crippen LogP contribution in [0.25, 0.3) is 0 Å². The summed E-state index contributed by atoms with van der Waals surface area (Å²) in [5.41, 5.74) is 8.11. The minimum absolute atomic E-state index is 0.0834. The van der Waals surface area contributed by atoms with E-state index in [1.165, 1.54) is 0 Å². The molecule has 0 aliphatic carbocycles. The second-order valence-electron chi connectivity index (χ2n) is 2.95. The van der Waals surface area contributed by atoms with Crippen molar-refractivity contribution in [3.05, 3.63) is 60.1 Å². The maximum atomic E-state index is 6.00. The average Bonchev–Trinajstić information content (AvgIpc) is 2.71. The van der Waals surface area contributed by atoms with Gasteiger partial charge in [-0.15, -0.1) is 0 Å². The molecule has 66 valence electrons. The molecule has 2 rings (SSSR count). The Morgan fingerprint density at radius 2 is 1.77 bits per heavy atom. The van der Waals surface area contributed by atoms with Crippen LogP contribution in [0.5, 0.6) is 0 Å². The number of nitrogens with two attached hydrogens (primary N) is 1. The molecule has 2 nitrogen and oxygen atoms in total. The van der Waals surface area contributed by atoms with Gasteiger partial charge in [0.25, 0.3) is 0 Å². The maximum Gasteiger partial charge on any atom is 0.0953 e. The van der Waals surface area contributed by atoms with Crippen molar-refractivity contribution in [3.63, 3.8) is 0 Å². The zero-order valence-corrected chi connectivity index (χ0v) is 7.18. The Balaban J connectivity index is 2.29. The predicted molar refractivity (Wildman–Crippen MR) is 51.2 cm³/mol. The second kappa shape index (κ2) is 3.46. The van der Waals surface area contributed by atoms with Crippen molar-refractivity contribution < 1.29 is 4.42 Å². The van der Waals surface area contributed by atoms with E-state index in [0.29, 0.717) is 0 Å². The molecule has 0 fully saturated rings. The van der Waals surface area contributed by atoms with Gasteiger partial charge in [0.15, 0.2) is 0 Å². The van der Waals surface area contributed by atoms with Crippen LogP contribution in [0, 0.1) is 0 Å². The molecule has 2 heteroatoms. The van der Waals surface area contributed by atoms with Crippen LogP contribution in [0.3, 0.4) is 0 Å². The molecule has 0 aliphatic heterocycles.